The van der Waals surface area contributed by atoms with E-state index < -0.39 is 4.92 Å². The molecule has 1 aliphatic carbocycles. The Hall–Kier alpha value is -2.15. The summed E-state index contributed by atoms with van der Waals surface area (Å²) in [5.74, 6) is -0.101. The Balaban J connectivity index is 1.56. The lowest BCUT2D eigenvalue weighted by Crippen LogP contribution is -2.58. The first kappa shape index (κ1) is 19.6. The lowest BCUT2D eigenvalue weighted by molar-refractivity contribution is -0.385. The Labute approximate surface area is 160 Å². The third-order valence-electron chi connectivity index (χ3n) is 5.85. The summed E-state index contributed by atoms with van der Waals surface area (Å²) in [6, 6.07) is 6.13. The molecule has 1 aromatic carbocycles. The number of hydrogen-bond donors (Lipinski definition) is 1. The second-order valence-corrected chi connectivity index (χ2v) is 7.62. The predicted octanol–water partition coefficient (Wildman–Crippen LogP) is 3.28. The number of piperidine rings is 1. The molecule has 148 valence electrons. The van der Waals surface area contributed by atoms with Gasteiger partial charge in [0, 0.05) is 18.2 Å². The minimum absolute atomic E-state index is 0.0626. The van der Waals surface area contributed by atoms with Gasteiger partial charge in [-0.1, -0.05) is 37.8 Å². The van der Waals surface area contributed by atoms with Gasteiger partial charge in [-0.15, -0.1) is 0 Å². The number of rotatable bonds is 7. The summed E-state index contributed by atoms with van der Waals surface area (Å²) in [5.41, 5.74) is -0.0602. The van der Waals surface area contributed by atoms with Crippen molar-refractivity contribution in [3.05, 3.63) is 34.4 Å². The zero-order valence-corrected chi connectivity index (χ0v) is 15.8. The third kappa shape index (κ3) is 4.97. The average molecular weight is 375 g/mol. The summed E-state index contributed by atoms with van der Waals surface area (Å²) >= 11 is 0. The van der Waals surface area contributed by atoms with Crippen molar-refractivity contribution in [2.24, 2.45) is 0 Å². The molecule has 3 rings (SSSR count). The highest BCUT2D eigenvalue weighted by atomic mass is 16.6. The number of likely N-dealkylation sites (tertiary alicyclic amines) is 1. The van der Waals surface area contributed by atoms with Gasteiger partial charge in [-0.3, -0.25) is 19.8 Å². The van der Waals surface area contributed by atoms with Gasteiger partial charge in [0.15, 0.2) is 12.4 Å². The lowest BCUT2D eigenvalue weighted by Gasteiger charge is -2.48. The van der Waals surface area contributed by atoms with Gasteiger partial charge in [0.05, 0.1) is 4.92 Å². The molecule has 1 aliphatic heterocycles. The maximum Gasteiger partial charge on any atom is 0.310 e. The van der Waals surface area contributed by atoms with Crippen molar-refractivity contribution in [1.82, 2.24) is 10.2 Å². The summed E-state index contributed by atoms with van der Waals surface area (Å²) in [5, 5.41) is 14.1. The van der Waals surface area contributed by atoms with E-state index >= 15 is 0 Å². The van der Waals surface area contributed by atoms with E-state index in [2.05, 4.69) is 10.2 Å². The van der Waals surface area contributed by atoms with E-state index in [0.29, 0.717) is 6.54 Å². The van der Waals surface area contributed by atoms with E-state index in [1.807, 2.05) is 0 Å². The number of benzene rings is 1. The molecular weight excluding hydrogens is 346 g/mol. The molecule has 2 aliphatic rings. The number of nitrogens with one attached hydrogen (secondary N) is 1. The fourth-order valence-electron chi connectivity index (χ4n) is 4.37. The minimum Gasteiger partial charge on any atom is -0.477 e. The van der Waals surface area contributed by atoms with Crippen LogP contribution in [0, 0.1) is 10.1 Å². The van der Waals surface area contributed by atoms with Gasteiger partial charge in [0.2, 0.25) is 0 Å². The van der Waals surface area contributed by atoms with E-state index in [1.54, 1.807) is 12.1 Å². The van der Waals surface area contributed by atoms with Crippen LogP contribution in [0.1, 0.15) is 51.4 Å². The van der Waals surface area contributed by atoms with Crippen molar-refractivity contribution in [3.63, 3.8) is 0 Å². The molecule has 2 fully saturated rings. The fraction of sp³-hybridized carbons (Fsp3) is 0.650. The van der Waals surface area contributed by atoms with Gasteiger partial charge < -0.3 is 10.1 Å². The topological polar surface area (TPSA) is 84.7 Å². The molecule has 0 radical (unpaired) electrons. The minimum atomic E-state index is -0.499. The molecule has 0 spiro atoms. The van der Waals surface area contributed by atoms with Crippen LogP contribution in [-0.4, -0.2) is 47.5 Å². The van der Waals surface area contributed by atoms with Gasteiger partial charge in [0.1, 0.15) is 0 Å². The summed E-state index contributed by atoms with van der Waals surface area (Å²) < 4.78 is 5.41. The van der Waals surface area contributed by atoms with E-state index in [1.165, 1.54) is 50.7 Å². The van der Waals surface area contributed by atoms with Crippen molar-refractivity contribution >= 4 is 11.6 Å². The Morgan fingerprint density at radius 1 is 1.11 bits per heavy atom. The van der Waals surface area contributed by atoms with Crippen molar-refractivity contribution < 1.29 is 14.5 Å². The molecule has 1 amide bonds. The van der Waals surface area contributed by atoms with Crippen molar-refractivity contribution in [1.29, 1.82) is 0 Å². The first-order chi connectivity index (χ1) is 13.1. The predicted molar refractivity (Wildman–Crippen MR) is 103 cm³/mol. The van der Waals surface area contributed by atoms with Crippen LogP contribution in [-0.2, 0) is 4.79 Å². The monoisotopic (exact) mass is 375 g/mol. The second kappa shape index (κ2) is 9.17. The van der Waals surface area contributed by atoms with Gasteiger partial charge in [0.25, 0.3) is 5.91 Å². The summed E-state index contributed by atoms with van der Waals surface area (Å²) in [6.07, 6.45) is 9.69. The Morgan fingerprint density at radius 2 is 1.78 bits per heavy atom. The number of nitro groups is 1. The van der Waals surface area contributed by atoms with E-state index in [4.69, 9.17) is 4.74 Å². The number of nitrogens with zero attached hydrogens (tertiary/aromatic N) is 2. The zero-order chi connectivity index (χ0) is 19.1. The van der Waals surface area contributed by atoms with Crippen LogP contribution in [0.2, 0.25) is 0 Å². The van der Waals surface area contributed by atoms with Crippen LogP contribution in [0.4, 0.5) is 5.69 Å². The highest BCUT2D eigenvalue weighted by Crippen LogP contribution is 2.35. The number of hydrogen-bond acceptors (Lipinski definition) is 5. The first-order valence-electron chi connectivity index (χ1n) is 9.99. The molecule has 0 aromatic heterocycles. The van der Waals surface area contributed by atoms with Gasteiger partial charge in [-0.05, 0) is 44.8 Å². The van der Waals surface area contributed by atoms with Crippen LogP contribution in [0.15, 0.2) is 24.3 Å². The van der Waals surface area contributed by atoms with E-state index in [-0.39, 0.29) is 29.5 Å². The largest absolute Gasteiger partial charge is 0.477 e. The van der Waals surface area contributed by atoms with Crippen LogP contribution < -0.4 is 10.1 Å². The molecule has 1 heterocycles. The van der Waals surface area contributed by atoms with Crippen LogP contribution in [0.25, 0.3) is 0 Å². The molecule has 1 N–H and O–H groups in total. The third-order valence-corrected chi connectivity index (χ3v) is 5.85. The Bertz CT molecular complexity index is 652. The molecule has 1 aromatic rings. The smallest absolute Gasteiger partial charge is 0.310 e. The van der Waals surface area contributed by atoms with Crippen molar-refractivity contribution in [2.75, 3.05) is 26.2 Å². The summed E-state index contributed by atoms with van der Waals surface area (Å²) in [7, 11) is 0. The van der Waals surface area contributed by atoms with Gasteiger partial charge in [-0.25, -0.2) is 0 Å². The summed E-state index contributed by atoms with van der Waals surface area (Å²) in [6.45, 7) is 2.65. The molecular formula is C20H29N3O4. The van der Waals surface area contributed by atoms with Crippen LogP contribution in [0.3, 0.4) is 0 Å². The molecule has 0 atom stereocenters. The zero-order valence-electron chi connectivity index (χ0n) is 15.8. The number of carbonyl (C=O) groups excluding carboxylic acids is 1. The van der Waals surface area contributed by atoms with Gasteiger partial charge in [-0.2, -0.15) is 0 Å². The van der Waals surface area contributed by atoms with Crippen LogP contribution >= 0.6 is 0 Å². The standard InChI is InChI=1S/C20H29N3O4/c24-19(15-27-18-10-4-3-9-17(18)23(25)26)21-16-20(11-5-1-6-12-20)22-13-7-2-8-14-22/h3-4,9-10H,1-2,5-8,11-16H2,(H,21,24). The van der Waals surface area contributed by atoms with Gasteiger partial charge >= 0.3 is 5.69 Å². The molecule has 1 saturated heterocycles. The van der Waals surface area contributed by atoms with Crippen LogP contribution in [0.5, 0.6) is 5.75 Å². The SMILES string of the molecule is O=C(COc1ccccc1[N+](=O)[O-])NCC1(N2CCCCC2)CCCCC1. The molecule has 7 nitrogen and oxygen atoms in total. The Morgan fingerprint density at radius 3 is 2.48 bits per heavy atom. The number of carbonyl (C=O) groups is 1. The lowest BCUT2D eigenvalue weighted by atomic mass is 9.79. The van der Waals surface area contributed by atoms with E-state index in [0.717, 1.165) is 25.9 Å². The number of ether oxygens (including phenoxy) is 1. The second-order valence-electron chi connectivity index (χ2n) is 7.62. The molecule has 27 heavy (non-hydrogen) atoms. The average Bonchev–Trinajstić information content (AvgIpc) is 2.72. The highest BCUT2D eigenvalue weighted by Gasteiger charge is 2.38. The quantitative estimate of drug-likeness (QED) is 0.584. The number of nitro benzene ring substituents is 1. The molecule has 7 heteroatoms. The van der Waals surface area contributed by atoms with Crippen molar-refractivity contribution in [2.45, 2.75) is 56.9 Å². The first-order valence-corrected chi connectivity index (χ1v) is 9.99. The number of para-hydroxylation sites is 2. The maximum absolute atomic E-state index is 12.3. The fourth-order valence-corrected chi connectivity index (χ4v) is 4.37. The maximum atomic E-state index is 12.3. The highest BCUT2D eigenvalue weighted by molar-refractivity contribution is 5.77. The van der Waals surface area contributed by atoms with Crippen molar-refractivity contribution in [3.8, 4) is 5.75 Å². The number of amides is 1. The van der Waals surface area contributed by atoms with E-state index in [9.17, 15) is 14.9 Å². The molecule has 1 saturated carbocycles. The molecule has 0 unspecified atom stereocenters. The summed E-state index contributed by atoms with van der Waals surface area (Å²) in [4.78, 5) is 25.5. The Kier molecular flexibility index (Phi) is 6.66. The normalized spacial score (nSPS) is 20.0. The molecule has 0 bridgehead atoms.